The molecule has 0 spiro atoms. The molecular formula is C30H27FN4O4. The van der Waals surface area contributed by atoms with Gasteiger partial charge in [0.25, 0.3) is 11.5 Å². The lowest BCUT2D eigenvalue weighted by molar-refractivity contribution is -0.133. The molecule has 8 nitrogen and oxygen atoms in total. The molecule has 198 valence electrons. The van der Waals surface area contributed by atoms with Crippen molar-refractivity contribution >= 4 is 11.6 Å². The van der Waals surface area contributed by atoms with Crippen molar-refractivity contribution in [2.24, 2.45) is 5.10 Å². The van der Waals surface area contributed by atoms with Gasteiger partial charge in [-0.1, -0.05) is 12.1 Å². The van der Waals surface area contributed by atoms with Crippen LogP contribution >= 0.6 is 0 Å². The molecule has 1 aliphatic heterocycles. The zero-order chi connectivity index (χ0) is 27.4. The first kappa shape index (κ1) is 25.8. The first-order valence-corrected chi connectivity index (χ1v) is 12.6. The molecule has 9 heteroatoms. The quantitative estimate of drug-likeness (QED) is 0.328. The highest BCUT2D eigenvalue weighted by molar-refractivity contribution is 6.03. The molecule has 0 N–H and O–H groups in total. The second-order valence-corrected chi connectivity index (χ2v) is 8.96. The monoisotopic (exact) mass is 526 g/mol. The molecule has 5 rings (SSSR count). The molecule has 1 atom stereocenters. The minimum Gasteiger partial charge on any atom is -0.497 e. The molecular weight excluding hydrogens is 499 g/mol. The average Bonchev–Trinajstić information content (AvgIpc) is 3.41. The third-order valence-corrected chi connectivity index (χ3v) is 6.46. The fourth-order valence-electron chi connectivity index (χ4n) is 4.45. The third-order valence-electron chi connectivity index (χ3n) is 6.46. The molecule has 1 amide bonds. The molecule has 0 fully saturated rings. The van der Waals surface area contributed by atoms with Crippen LogP contribution in [-0.2, 0) is 11.3 Å². The molecule has 2 heterocycles. The van der Waals surface area contributed by atoms with Crippen molar-refractivity contribution < 1.29 is 18.7 Å². The van der Waals surface area contributed by atoms with Crippen molar-refractivity contribution in [2.75, 3.05) is 13.7 Å². The van der Waals surface area contributed by atoms with Gasteiger partial charge in [-0.25, -0.2) is 14.1 Å². The van der Waals surface area contributed by atoms with Crippen LogP contribution in [0.15, 0.2) is 94.8 Å². The first-order valence-electron chi connectivity index (χ1n) is 12.6. The van der Waals surface area contributed by atoms with E-state index in [9.17, 15) is 14.0 Å². The Morgan fingerprint density at radius 1 is 0.923 bits per heavy atom. The van der Waals surface area contributed by atoms with E-state index in [1.54, 1.807) is 25.3 Å². The fraction of sp³-hybridized carbons (Fsp3) is 0.200. The van der Waals surface area contributed by atoms with Crippen molar-refractivity contribution in [1.29, 1.82) is 0 Å². The van der Waals surface area contributed by atoms with Gasteiger partial charge >= 0.3 is 0 Å². The lowest BCUT2D eigenvalue weighted by atomic mass is 9.98. The first-order chi connectivity index (χ1) is 18.9. The number of carbonyl (C=O) groups excluding carboxylic acids is 1. The number of benzene rings is 3. The van der Waals surface area contributed by atoms with Crippen molar-refractivity contribution in [2.45, 2.75) is 25.9 Å². The van der Waals surface area contributed by atoms with E-state index in [4.69, 9.17) is 9.47 Å². The molecule has 4 aromatic rings. The number of nitrogens with zero attached hydrogens (tertiary/aromatic N) is 4. The van der Waals surface area contributed by atoms with E-state index >= 15 is 0 Å². The maximum absolute atomic E-state index is 13.6. The predicted molar refractivity (Wildman–Crippen MR) is 145 cm³/mol. The van der Waals surface area contributed by atoms with Gasteiger partial charge in [0.2, 0.25) is 0 Å². The van der Waals surface area contributed by atoms with Gasteiger partial charge in [0.15, 0.2) is 0 Å². The normalized spacial score (nSPS) is 14.7. The Morgan fingerprint density at radius 2 is 1.59 bits per heavy atom. The number of hydrazone groups is 1. The van der Waals surface area contributed by atoms with Gasteiger partial charge in [-0.05, 0) is 84.8 Å². The van der Waals surface area contributed by atoms with Crippen LogP contribution in [0.4, 0.5) is 4.39 Å². The summed E-state index contributed by atoms with van der Waals surface area (Å²) in [7, 11) is 1.59. The zero-order valence-electron chi connectivity index (χ0n) is 21.6. The van der Waals surface area contributed by atoms with Gasteiger partial charge in [-0.3, -0.25) is 9.59 Å². The number of methoxy groups -OCH3 is 1. The molecule has 0 bridgehead atoms. The van der Waals surface area contributed by atoms with Crippen LogP contribution in [-0.4, -0.2) is 40.1 Å². The maximum Gasteiger partial charge on any atom is 0.267 e. The maximum atomic E-state index is 13.6. The summed E-state index contributed by atoms with van der Waals surface area (Å²) in [5, 5.41) is 10.4. The lowest BCUT2D eigenvalue weighted by Gasteiger charge is -2.22. The van der Waals surface area contributed by atoms with Crippen molar-refractivity contribution in [3.8, 4) is 22.8 Å². The van der Waals surface area contributed by atoms with Crippen LogP contribution in [0.1, 0.15) is 30.5 Å². The molecule has 0 aliphatic carbocycles. The lowest BCUT2D eigenvalue weighted by Crippen LogP contribution is -2.34. The van der Waals surface area contributed by atoms with Gasteiger partial charge in [-0.15, -0.1) is 0 Å². The SMILES string of the molecule is CCOc1ccc(-c2ccc(=O)n(CC(=O)N3N=C(c4ccc(OC)cc4)CC3c3ccc(F)cc3)n2)cc1. The summed E-state index contributed by atoms with van der Waals surface area (Å²) >= 11 is 0. The van der Waals surface area contributed by atoms with E-state index in [1.165, 1.54) is 23.2 Å². The summed E-state index contributed by atoms with van der Waals surface area (Å²) in [5.74, 6) is 0.661. The average molecular weight is 527 g/mol. The Morgan fingerprint density at radius 3 is 2.26 bits per heavy atom. The summed E-state index contributed by atoms with van der Waals surface area (Å²) in [6.45, 7) is 2.16. The van der Waals surface area contributed by atoms with E-state index in [1.807, 2.05) is 55.5 Å². The molecule has 1 aromatic heterocycles. The largest absolute Gasteiger partial charge is 0.497 e. The molecule has 1 unspecified atom stereocenters. The van der Waals surface area contributed by atoms with Crippen LogP contribution < -0.4 is 15.0 Å². The van der Waals surface area contributed by atoms with E-state index < -0.39 is 17.5 Å². The van der Waals surface area contributed by atoms with Crippen LogP contribution in [0.2, 0.25) is 0 Å². The van der Waals surface area contributed by atoms with Gasteiger partial charge in [-0.2, -0.15) is 10.2 Å². The van der Waals surface area contributed by atoms with Gasteiger partial charge < -0.3 is 9.47 Å². The van der Waals surface area contributed by atoms with E-state index in [0.717, 1.165) is 27.1 Å². The Balaban J connectivity index is 1.43. The summed E-state index contributed by atoms with van der Waals surface area (Å²) in [6, 6.07) is 23.3. The number of rotatable bonds is 8. The smallest absolute Gasteiger partial charge is 0.267 e. The van der Waals surface area contributed by atoms with Crippen molar-refractivity contribution in [3.05, 3.63) is 112 Å². The standard InChI is InChI=1S/C30H27FN4O4/c1-3-39-25-14-8-20(9-15-25)26-16-17-29(36)34(32-26)19-30(37)35-28(22-4-10-23(31)11-5-22)18-27(33-35)21-6-12-24(38-2)13-7-21/h4-17,28H,3,18-19H2,1-2H3. The highest BCUT2D eigenvalue weighted by Gasteiger charge is 2.33. The van der Waals surface area contributed by atoms with Crippen molar-refractivity contribution in [1.82, 2.24) is 14.8 Å². The number of hydrogen-bond donors (Lipinski definition) is 0. The number of amides is 1. The predicted octanol–water partition coefficient (Wildman–Crippen LogP) is 4.83. The number of hydrogen-bond acceptors (Lipinski definition) is 6. The topological polar surface area (TPSA) is 86.0 Å². The van der Waals surface area contributed by atoms with Gasteiger partial charge in [0, 0.05) is 18.1 Å². The molecule has 39 heavy (non-hydrogen) atoms. The van der Waals surface area contributed by atoms with Crippen molar-refractivity contribution in [3.63, 3.8) is 0 Å². The molecule has 3 aromatic carbocycles. The Bertz CT molecular complexity index is 1550. The summed E-state index contributed by atoms with van der Waals surface area (Å²) in [6.07, 6.45) is 0.429. The molecule has 0 radical (unpaired) electrons. The Labute approximate surface area is 224 Å². The second-order valence-electron chi connectivity index (χ2n) is 8.96. The van der Waals surface area contributed by atoms with Gasteiger partial charge in [0.05, 0.1) is 31.2 Å². The summed E-state index contributed by atoms with van der Waals surface area (Å²) in [5.41, 5.74) is 3.19. The number of aromatic nitrogens is 2. The van der Waals surface area contributed by atoms with Crippen LogP contribution in [0.5, 0.6) is 11.5 Å². The third kappa shape index (κ3) is 5.72. The van der Waals surface area contributed by atoms with Crippen LogP contribution in [0, 0.1) is 5.82 Å². The number of carbonyl (C=O) groups is 1. The molecule has 0 saturated carbocycles. The summed E-state index contributed by atoms with van der Waals surface area (Å²) in [4.78, 5) is 26.2. The highest BCUT2D eigenvalue weighted by Crippen LogP contribution is 2.33. The van der Waals surface area contributed by atoms with Crippen LogP contribution in [0.3, 0.4) is 0 Å². The number of ether oxygens (including phenoxy) is 2. The van der Waals surface area contributed by atoms with E-state index in [0.29, 0.717) is 30.2 Å². The Kier molecular flexibility index (Phi) is 7.49. The molecule has 1 aliphatic rings. The minimum absolute atomic E-state index is 0.305. The highest BCUT2D eigenvalue weighted by atomic mass is 19.1. The van der Waals surface area contributed by atoms with E-state index in [2.05, 4.69) is 10.2 Å². The molecule has 0 saturated heterocycles. The van der Waals surface area contributed by atoms with E-state index in [-0.39, 0.29) is 12.4 Å². The fourth-order valence-corrected chi connectivity index (χ4v) is 4.45. The van der Waals surface area contributed by atoms with Gasteiger partial charge in [0.1, 0.15) is 23.9 Å². The zero-order valence-corrected chi connectivity index (χ0v) is 21.6. The van der Waals surface area contributed by atoms with Crippen LogP contribution in [0.25, 0.3) is 11.3 Å². The summed E-state index contributed by atoms with van der Waals surface area (Å²) < 4.78 is 25.5. The Hall–Kier alpha value is -4.79. The minimum atomic E-state index is -0.458. The number of halogens is 1. The second kappa shape index (κ2) is 11.3.